The molecule has 0 aromatic heterocycles. The number of benzene rings is 2. The van der Waals surface area contributed by atoms with Crippen molar-refractivity contribution in [2.45, 2.75) is 32.1 Å². The molecule has 0 bridgehead atoms. The monoisotopic (exact) mass is 397 g/mol. The molecule has 2 atom stereocenters. The summed E-state index contributed by atoms with van der Waals surface area (Å²) in [6.45, 7) is 4.16. The quantitative estimate of drug-likeness (QED) is 0.704. The highest BCUT2D eigenvalue weighted by molar-refractivity contribution is 8.13. The van der Waals surface area contributed by atoms with Crippen LogP contribution in [-0.4, -0.2) is 27.9 Å². The number of rotatable bonds is 4. The average Bonchev–Trinajstić information content (AvgIpc) is 3.04. The van der Waals surface area contributed by atoms with Crippen LogP contribution in [0, 0.1) is 5.92 Å². The predicted octanol–water partition coefficient (Wildman–Crippen LogP) is 5.28. The van der Waals surface area contributed by atoms with Crippen LogP contribution in [0.2, 0.25) is 5.02 Å². The van der Waals surface area contributed by atoms with Crippen LogP contribution in [0.25, 0.3) is 0 Å². The van der Waals surface area contributed by atoms with Crippen molar-refractivity contribution in [2.75, 3.05) is 0 Å². The van der Waals surface area contributed by atoms with E-state index < -0.39 is 0 Å². The van der Waals surface area contributed by atoms with Gasteiger partial charge in [0.1, 0.15) is 11.9 Å². The molecule has 0 saturated carbocycles. The third-order valence-electron chi connectivity index (χ3n) is 5.00. The second-order valence-electron chi connectivity index (χ2n) is 6.75. The number of fused-ring (bicyclic) bond motifs is 3. The largest absolute Gasteiger partial charge is 0.271 e. The van der Waals surface area contributed by atoms with E-state index in [0.29, 0.717) is 10.9 Å². The Labute approximate surface area is 168 Å². The first-order chi connectivity index (χ1) is 13.1. The molecule has 138 valence electrons. The zero-order chi connectivity index (χ0) is 19.0. The summed E-state index contributed by atoms with van der Waals surface area (Å²) in [5.74, 6) is 1.57. The van der Waals surface area contributed by atoms with Gasteiger partial charge in [-0.1, -0.05) is 74.0 Å². The SMILES string of the molecule is CCC(C)C1N=C2c3ccccc3N=C(SCc3ccccc3Cl)N2C1=O. The van der Waals surface area contributed by atoms with E-state index in [1.807, 2.05) is 48.5 Å². The van der Waals surface area contributed by atoms with Gasteiger partial charge >= 0.3 is 0 Å². The summed E-state index contributed by atoms with van der Waals surface area (Å²) in [6, 6.07) is 15.3. The molecule has 2 aromatic carbocycles. The van der Waals surface area contributed by atoms with Crippen molar-refractivity contribution in [3.8, 4) is 0 Å². The predicted molar refractivity (Wildman–Crippen MR) is 113 cm³/mol. The molecule has 27 heavy (non-hydrogen) atoms. The molecule has 2 aliphatic rings. The van der Waals surface area contributed by atoms with Crippen LogP contribution in [0.4, 0.5) is 5.69 Å². The lowest BCUT2D eigenvalue weighted by atomic mass is 10.00. The number of nitrogens with zero attached hydrogens (tertiary/aromatic N) is 3. The average molecular weight is 398 g/mol. The fourth-order valence-corrected chi connectivity index (χ4v) is 4.50. The zero-order valence-electron chi connectivity index (χ0n) is 15.2. The molecule has 2 aliphatic heterocycles. The first-order valence-electron chi connectivity index (χ1n) is 9.06. The van der Waals surface area contributed by atoms with Gasteiger partial charge in [-0.15, -0.1) is 0 Å². The Morgan fingerprint density at radius 3 is 2.70 bits per heavy atom. The number of para-hydroxylation sites is 1. The van der Waals surface area contributed by atoms with Crippen LogP contribution in [0.3, 0.4) is 0 Å². The van der Waals surface area contributed by atoms with Crippen molar-refractivity contribution in [1.29, 1.82) is 0 Å². The van der Waals surface area contributed by atoms with Gasteiger partial charge in [0.25, 0.3) is 5.91 Å². The highest BCUT2D eigenvalue weighted by atomic mass is 35.5. The maximum absolute atomic E-state index is 13.1. The molecule has 0 aliphatic carbocycles. The fraction of sp³-hybridized carbons (Fsp3) is 0.286. The first kappa shape index (κ1) is 18.3. The molecule has 0 spiro atoms. The summed E-state index contributed by atoms with van der Waals surface area (Å²) in [5, 5.41) is 1.39. The molecule has 0 N–H and O–H groups in total. The summed E-state index contributed by atoms with van der Waals surface area (Å²) >= 11 is 7.81. The minimum atomic E-state index is -0.345. The lowest BCUT2D eigenvalue weighted by Crippen LogP contribution is -2.42. The van der Waals surface area contributed by atoms with Crippen LogP contribution in [0.15, 0.2) is 58.5 Å². The second kappa shape index (κ2) is 7.49. The molecule has 2 heterocycles. The number of hydrogen-bond donors (Lipinski definition) is 0. The molecule has 2 aromatic rings. The van der Waals surface area contributed by atoms with Crippen LogP contribution < -0.4 is 0 Å². The van der Waals surface area contributed by atoms with E-state index in [4.69, 9.17) is 21.6 Å². The smallest absolute Gasteiger partial charge is 0.259 e. The first-order valence-corrected chi connectivity index (χ1v) is 10.4. The molecular formula is C21H20ClN3OS. The van der Waals surface area contributed by atoms with Crippen LogP contribution in [0.1, 0.15) is 31.4 Å². The Morgan fingerprint density at radius 1 is 1.19 bits per heavy atom. The Morgan fingerprint density at radius 2 is 1.93 bits per heavy atom. The number of amidine groups is 2. The lowest BCUT2D eigenvalue weighted by molar-refractivity contribution is -0.125. The summed E-state index contributed by atoms with van der Waals surface area (Å²) in [6.07, 6.45) is 0.905. The summed E-state index contributed by atoms with van der Waals surface area (Å²) < 4.78 is 0. The molecule has 4 rings (SSSR count). The molecule has 6 heteroatoms. The van der Waals surface area contributed by atoms with E-state index in [0.717, 1.165) is 34.1 Å². The molecular weight excluding hydrogens is 378 g/mol. The minimum absolute atomic E-state index is 0.0132. The van der Waals surface area contributed by atoms with Gasteiger partial charge in [0.15, 0.2) is 5.17 Å². The Hall–Kier alpha value is -2.11. The number of amides is 1. The molecule has 0 saturated heterocycles. The van der Waals surface area contributed by atoms with E-state index in [1.165, 1.54) is 11.8 Å². The van der Waals surface area contributed by atoms with E-state index in [2.05, 4.69) is 13.8 Å². The van der Waals surface area contributed by atoms with Gasteiger partial charge in [-0.05, 0) is 29.7 Å². The van der Waals surface area contributed by atoms with Gasteiger partial charge < -0.3 is 0 Å². The molecule has 0 fully saturated rings. The Kier molecular flexibility index (Phi) is 5.06. The number of thioether (sulfide) groups is 1. The van der Waals surface area contributed by atoms with Gasteiger partial charge in [0.05, 0.1) is 5.69 Å². The van der Waals surface area contributed by atoms with Crippen molar-refractivity contribution in [3.05, 3.63) is 64.7 Å². The van der Waals surface area contributed by atoms with Gasteiger partial charge in [0, 0.05) is 16.3 Å². The lowest BCUT2D eigenvalue weighted by Gasteiger charge is -2.26. The molecule has 1 amide bonds. The van der Waals surface area contributed by atoms with Crippen LogP contribution >= 0.6 is 23.4 Å². The van der Waals surface area contributed by atoms with E-state index in [1.54, 1.807) is 4.90 Å². The van der Waals surface area contributed by atoms with Gasteiger partial charge in [-0.3, -0.25) is 9.79 Å². The summed E-state index contributed by atoms with van der Waals surface area (Å²) in [4.78, 5) is 24.4. The van der Waals surface area contributed by atoms with Gasteiger partial charge in [-0.2, -0.15) is 0 Å². The third kappa shape index (κ3) is 3.30. The van der Waals surface area contributed by atoms with Gasteiger partial charge in [0.2, 0.25) is 0 Å². The maximum atomic E-state index is 13.1. The fourth-order valence-electron chi connectivity index (χ4n) is 3.22. The van der Waals surface area contributed by atoms with Crippen molar-refractivity contribution in [2.24, 2.45) is 15.9 Å². The van der Waals surface area contributed by atoms with Crippen molar-refractivity contribution in [3.63, 3.8) is 0 Å². The van der Waals surface area contributed by atoms with Crippen molar-refractivity contribution in [1.82, 2.24) is 4.90 Å². The Balaban J connectivity index is 1.70. The number of halogens is 1. The number of hydrogen-bond acceptors (Lipinski definition) is 4. The summed E-state index contributed by atoms with van der Waals surface area (Å²) in [7, 11) is 0. The standard InChI is InChI=1S/C21H20ClN3OS/c1-3-13(2)18-20(26)25-19(24-18)15-9-5-7-11-17(15)23-21(25)27-12-14-8-4-6-10-16(14)22/h4-11,13,18H,3,12H2,1-2H3. The van der Waals surface area contributed by atoms with Crippen LogP contribution in [0.5, 0.6) is 0 Å². The number of carbonyl (C=O) groups excluding carboxylic acids is 1. The molecule has 0 radical (unpaired) electrons. The Bertz CT molecular complexity index is 956. The van der Waals surface area contributed by atoms with Crippen molar-refractivity contribution < 1.29 is 4.79 Å². The third-order valence-corrected chi connectivity index (χ3v) is 6.35. The molecule has 4 nitrogen and oxygen atoms in total. The van der Waals surface area contributed by atoms with E-state index in [-0.39, 0.29) is 17.9 Å². The number of carbonyl (C=O) groups is 1. The highest BCUT2D eigenvalue weighted by Gasteiger charge is 2.42. The van der Waals surface area contributed by atoms with E-state index >= 15 is 0 Å². The normalized spacial score (nSPS) is 19.3. The highest BCUT2D eigenvalue weighted by Crippen LogP contribution is 2.36. The van der Waals surface area contributed by atoms with Crippen LogP contribution in [-0.2, 0) is 10.5 Å². The summed E-state index contributed by atoms with van der Waals surface area (Å²) in [5.41, 5.74) is 2.79. The zero-order valence-corrected chi connectivity index (χ0v) is 16.8. The minimum Gasteiger partial charge on any atom is -0.271 e. The second-order valence-corrected chi connectivity index (χ2v) is 8.10. The molecule has 2 unspecified atom stereocenters. The van der Waals surface area contributed by atoms with E-state index in [9.17, 15) is 4.79 Å². The topological polar surface area (TPSA) is 45.0 Å². The maximum Gasteiger partial charge on any atom is 0.259 e. The van der Waals surface area contributed by atoms with Gasteiger partial charge in [-0.25, -0.2) is 9.89 Å². The number of aliphatic imine (C=N–C) groups is 2. The van der Waals surface area contributed by atoms with Crippen molar-refractivity contribution >= 4 is 46.0 Å².